The van der Waals surface area contributed by atoms with Crippen LogP contribution in [0.2, 0.25) is 0 Å². The maximum absolute atomic E-state index is 10.6. The molecule has 5 nitrogen and oxygen atoms in total. The van der Waals surface area contributed by atoms with Crippen molar-refractivity contribution in [1.29, 1.82) is 0 Å². The number of methoxy groups -OCH3 is 1. The molecule has 3 N–H and O–H groups in total. The third kappa shape index (κ3) is 3.73. The molecule has 0 aromatic heterocycles. The lowest BCUT2D eigenvalue weighted by Crippen LogP contribution is -2.45. The fourth-order valence-corrected chi connectivity index (χ4v) is 2.05. The van der Waals surface area contributed by atoms with Crippen LogP contribution in [-0.2, 0) is 9.53 Å². The quantitative estimate of drug-likeness (QED) is 0.703. The van der Waals surface area contributed by atoms with Crippen molar-refractivity contribution in [2.75, 3.05) is 26.7 Å². The van der Waals surface area contributed by atoms with Gasteiger partial charge < -0.3 is 20.5 Å². The standard InChI is InChI=1S/C11H22N2O3/c1-8-3-5-13(7-10(8)16-2)6-4-9(12)11(14)15/h8-10H,3-7,12H2,1-2H3,(H,14,15). The van der Waals surface area contributed by atoms with Crippen LogP contribution < -0.4 is 5.73 Å². The van der Waals surface area contributed by atoms with Crippen molar-refractivity contribution in [3.63, 3.8) is 0 Å². The molecular formula is C11H22N2O3. The van der Waals surface area contributed by atoms with E-state index in [1.54, 1.807) is 7.11 Å². The Balaban J connectivity index is 2.30. The molecule has 5 heteroatoms. The lowest BCUT2D eigenvalue weighted by molar-refractivity contribution is -0.138. The average Bonchev–Trinajstić information content (AvgIpc) is 2.27. The Morgan fingerprint density at radius 3 is 2.94 bits per heavy atom. The molecule has 0 saturated carbocycles. The second kappa shape index (κ2) is 6.18. The molecule has 0 aromatic rings. The summed E-state index contributed by atoms with van der Waals surface area (Å²) in [6, 6.07) is -0.750. The van der Waals surface area contributed by atoms with Gasteiger partial charge in [-0.25, -0.2) is 0 Å². The van der Waals surface area contributed by atoms with Gasteiger partial charge in [-0.2, -0.15) is 0 Å². The van der Waals surface area contributed by atoms with Gasteiger partial charge in [0.05, 0.1) is 6.10 Å². The van der Waals surface area contributed by atoms with E-state index in [0.29, 0.717) is 12.3 Å². The second-order valence-corrected chi connectivity index (χ2v) is 4.57. The lowest BCUT2D eigenvalue weighted by Gasteiger charge is -2.36. The van der Waals surface area contributed by atoms with Gasteiger partial charge in [0.1, 0.15) is 6.04 Å². The highest BCUT2D eigenvalue weighted by Crippen LogP contribution is 2.19. The molecule has 0 spiro atoms. The molecule has 94 valence electrons. The topological polar surface area (TPSA) is 75.8 Å². The summed E-state index contributed by atoms with van der Waals surface area (Å²) in [5.74, 6) is -0.344. The van der Waals surface area contributed by atoms with Crippen LogP contribution in [0.3, 0.4) is 0 Å². The molecule has 1 heterocycles. The van der Waals surface area contributed by atoms with Crippen LogP contribution in [0, 0.1) is 5.92 Å². The van der Waals surface area contributed by atoms with Gasteiger partial charge in [0, 0.05) is 20.2 Å². The number of piperidine rings is 1. The Morgan fingerprint density at radius 1 is 1.69 bits per heavy atom. The molecule has 0 amide bonds. The molecular weight excluding hydrogens is 208 g/mol. The number of hydrogen-bond donors (Lipinski definition) is 2. The van der Waals surface area contributed by atoms with Crippen molar-refractivity contribution in [1.82, 2.24) is 4.90 Å². The van der Waals surface area contributed by atoms with Gasteiger partial charge in [0.15, 0.2) is 0 Å². The summed E-state index contributed by atoms with van der Waals surface area (Å²) < 4.78 is 5.40. The van der Waals surface area contributed by atoms with Crippen LogP contribution in [-0.4, -0.2) is 54.9 Å². The zero-order chi connectivity index (χ0) is 12.1. The number of ether oxygens (including phenoxy) is 1. The van der Waals surface area contributed by atoms with E-state index < -0.39 is 12.0 Å². The van der Waals surface area contributed by atoms with Gasteiger partial charge in [-0.3, -0.25) is 4.79 Å². The van der Waals surface area contributed by atoms with Crippen molar-refractivity contribution >= 4 is 5.97 Å². The maximum atomic E-state index is 10.6. The number of carboxylic acids is 1. The number of aliphatic carboxylic acids is 1. The van der Waals surface area contributed by atoms with Gasteiger partial charge in [-0.15, -0.1) is 0 Å². The Morgan fingerprint density at radius 2 is 2.38 bits per heavy atom. The molecule has 0 aromatic carbocycles. The highest BCUT2D eigenvalue weighted by atomic mass is 16.5. The summed E-state index contributed by atoms with van der Waals surface area (Å²) in [6.07, 6.45) is 1.86. The average molecular weight is 230 g/mol. The van der Waals surface area contributed by atoms with Crippen LogP contribution in [0.25, 0.3) is 0 Å². The summed E-state index contributed by atoms with van der Waals surface area (Å²) in [5, 5.41) is 8.68. The molecule has 0 bridgehead atoms. The predicted octanol–water partition coefficient (Wildman–Crippen LogP) is 0.145. The van der Waals surface area contributed by atoms with Crippen LogP contribution in [0.1, 0.15) is 19.8 Å². The van der Waals surface area contributed by atoms with Crippen molar-refractivity contribution in [2.24, 2.45) is 11.7 Å². The number of carbonyl (C=O) groups is 1. The monoisotopic (exact) mass is 230 g/mol. The zero-order valence-electron chi connectivity index (χ0n) is 10.1. The minimum atomic E-state index is -0.923. The summed E-state index contributed by atoms with van der Waals surface area (Å²) >= 11 is 0. The second-order valence-electron chi connectivity index (χ2n) is 4.57. The first-order valence-corrected chi connectivity index (χ1v) is 5.78. The number of likely N-dealkylation sites (tertiary alicyclic amines) is 1. The van der Waals surface area contributed by atoms with E-state index in [1.807, 2.05) is 0 Å². The summed E-state index contributed by atoms with van der Waals surface area (Å²) in [6.45, 7) is 4.81. The lowest BCUT2D eigenvalue weighted by atomic mass is 9.95. The molecule has 3 atom stereocenters. The first kappa shape index (κ1) is 13.4. The Labute approximate surface area is 96.6 Å². The SMILES string of the molecule is COC1CN(CCC(N)C(=O)O)CCC1C. The van der Waals surface area contributed by atoms with Gasteiger partial charge >= 0.3 is 5.97 Å². The fourth-order valence-electron chi connectivity index (χ4n) is 2.05. The number of rotatable bonds is 5. The summed E-state index contributed by atoms with van der Waals surface area (Å²) in [4.78, 5) is 12.8. The first-order valence-electron chi connectivity index (χ1n) is 5.78. The van der Waals surface area contributed by atoms with E-state index in [-0.39, 0.29) is 6.10 Å². The highest BCUT2D eigenvalue weighted by Gasteiger charge is 2.26. The van der Waals surface area contributed by atoms with E-state index in [2.05, 4.69) is 11.8 Å². The van der Waals surface area contributed by atoms with Crippen LogP contribution in [0.5, 0.6) is 0 Å². The van der Waals surface area contributed by atoms with Crippen LogP contribution in [0.15, 0.2) is 0 Å². The molecule has 1 saturated heterocycles. The number of nitrogens with two attached hydrogens (primary N) is 1. The van der Waals surface area contributed by atoms with Crippen molar-refractivity contribution in [2.45, 2.75) is 31.9 Å². The maximum Gasteiger partial charge on any atom is 0.320 e. The fraction of sp³-hybridized carbons (Fsp3) is 0.909. The van der Waals surface area contributed by atoms with E-state index >= 15 is 0 Å². The molecule has 1 aliphatic rings. The van der Waals surface area contributed by atoms with Crippen LogP contribution >= 0.6 is 0 Å². The molecule has 0 aliphatic carbocycles. The van der Waals surface area contributed by atoms with Gasteiger partial charge in [0.25, 0.3) is 0 Å². The number of nitrogens with zero attached hydrogens (tertiary/aromatic N) is 1. The number of carboxylic acid groups (broad SMARTS) is 1. The number of hydrogen-bond acceptors (Lipinski definition) is 4. The molecule has 0 radical (unpaired) electrons. The van der Waals surface area contributed by atoms with E-state index in [1.165, 1.54) is 0 Å². The molecule has 1 aliphatic heterocycles. The summed E-state index contributed by atoms with van der Waals surface area (Å²) in [7, 11) is 1.73. The minimum absolute atomic E-state index is 0.259. The highest BCUT2D eigenvalue weighted by molar-refractivity contribution is 5.72. The first-order chi connectivity index (χ1) is 7.54. The van der Waals surface area contributed by atoms with Crippen LogP contribution in [0.4, 0.5) is 0 Å². The van der Waals surface area contributed by atoms with Gasteiger partial charge in [-0.1, -0.05) is 6.92 Å². The Kier molecular flexibility index (Phi) is 5.18. The third-order valence-corrected chi connectivity index (χ3v) is 3.35. The van der Waals surface area contributed by atoms with E-state index in [4.69, 9.17) is 15.6 Å². The Bertz CT molecular complexity index is 235. The minimum Gasteiger partial charge on any atom is -0.480 e. The van der Waals surface area contributed by atoms with E-state index in [9.17, 15) is 4.79 Å². The normalized spacial score (nSPS) is 28.9. The smallest absolute Gasteiger partial charge is 0.320 e. The van der Waals surface area contributed by atoms with E-state index in [0.717, 1.165) is 26.1 Å². The molecule has 3 unspecified atom stereocenters. The van der Waals surface area contributed by atoms with Crippen molar-refractivity contribution < 1.29 is 14.6 Å². The van der Waals surface area contributed by atoms with Gasteiger partial charge in [0.2, 0.25) is 0 Å². The molecule has 16 heavy (non-hydrogen) atoms. The van der Waals surface area contributed by atoms with Crippen molar-refractivity contribution in [3.8, 4) is 0 Å². The van der Waals surface area contributed by atoms with Gasteiger partial charge in [-0.05, 0) is 25.3 Å². The molecule has 1 fully saturated rings. The van der Waals surface area contributed by atoms with Crippen molar-refractivity contribution in [3.05, 3.63) is 0 Å². The summed E-state index contributed by atoms with van der Waals surface area (Å²) in [5.41, 5.74) is 5.47. The molecule has 1 rings (SSSR count). The zero-order valence-corrected chi connectivity index (χ0v) is 10.1. The Hall–Kier alpha value is -0.650. The predicted molar refractivity (Wildman–Crippen MR) is 61.2 cm³/mol. The largest absolute Gasteiger partial charge is 0.480 e. The third-order valence-electron chi connectivity index (χ3n) is 3.35.